The molecule has 3 heterocycles. The molecule has 0 aliphatic rings. The number of hydrogen-bond donors (Lipinski definition) is 1. The van der Waals surface area contributed by atoms with Crippen LogP contribution in [0.5, 0.6) is 0 Å². The van der Waals surface area contributed by atoms with Crippen LogP contribution >= 0.6 is 22.7 Å². The number of nitrogens with one attached hydrogen (secondary N) is 1. The Morgan fingerprint density at radius 2 is 1.36 bits per heavy atom. The highest BCUT2D eigenvalue weighted by atomic mass is 32.1. The van der Waals surface area contributed by atoms with E-state index in [1.165, 1.54) is 25.1 Å². The highest BCUT2D eigenvalue weighted by Gasteiger charge is 2.21. The van der Waals surface area contributed by atoms with Crippen LogP contribution in [0.4, 0.5) is 0 Å². The van der Waals surface area contributed by atoms with E-state index < -0.39 is 0 Å². The van der Waals surface area contributed by atoms with E-state index in [1.807, 2.05) is 18.2 Å². The van der Waals surface area contributed by atoms with Crippen LogP contribution in [0.15, 0.2) is 41.2 Å². The largest absolute Gasteiger partial charge is 0.321 e. The lowest BCUT2D eigenvalue weighted by atomic mass is 9.92. The van der Waals surface area contributed by atoms with E-state index in [1.54, 1.807) is 22.7 Å². The molecule has 0 aliphatic heterocycles. The highest BCUT2D eigenvalue weighted by Crippen LogP contribution is 2.41. The van der Waals surface area contributed by atoms with Crippen molar-refractivity contribution in [2.24, 2.45) is 0 Å². The van der Waals surface area contributed by atoms with E-state index in [0.29, 0.717) is 0 Å². The summed E-state index contributed by atoms with van der Waals surface area (Å²) in [6.07, 6.45) is 0. The Hall–Kier alpha value is -2.17. The highest BCUT2D eigenvalue weighted by molar-refractivity contribution is 7.12. The number of hydrogen-bond acceptors (Lipinski definition) is 3. The molecule has 0 spiro atoms. The topological polar surface area (TPSA) is 32.9 Å². The van der Waals surface area contributed by atoms with E-state index in [4.69, 9.17) is 0 Å². The zero-order valence-electron chi connectivity index (χ0n) is 14.7. The number of H-pyrrole nitrogens is 1. The molecular weight excluding hydrogens is 346 g/mol. The summed E-state index contributed by atoms with van der Waals surface area (Å²) >= 11 is 3.52. The van der Waals surface area contributed by atoms with E-state index in [9.17, 15) is 4.79 Å². The molecule has 0 atom stereocenters. The number of benzene rings is 1. The van der Waals surface area contributed by atoms with Gasteiger partial charge in [-0.3, -0.25) is 4.79 Å². The van der Waals surface area contributed by atoms with Crippen LogP contribution in [-0.4, -0.2) is 4.98 Å². The van der Waals surface area contributed by atoms with Gasteiger partial charge in [0.25, 0.3) is 5.56 Å². The van der Waals surface area contributed by atoms with Gasteiger partial charge in [-0.15, -0.1) is 22.7 Å². The van der Waals surface area contributed by atoms with E-state index in [-0.39, 0.29) is 5.56 Å². The number of aromatic amines is 1. The summed E-state index contributed by atoms with van der Waals surface area (Å²) in [5.74, 6) is 0. The van der Waals surface area contributed by atoms with Gasteiger partial charge < -0.3 is 4.98 Å². The first-order valence-corrected chi connectivity index (χ1v) is 9.89. The lowest BCUT2D eigenvalue weighted by molar-refractivity contribution is 1.30. The molecule has 0 amide bonds. The molecule has 0 radical (unpaired) electrons. The third-order valence-corrected chi connectivity index (χ3v) is 6.47. The fourth-order valence-electron chi connectivity index (χ4n) is 3.54. The van der Waals surface area contributed by atoms with Crippen molar-refractivity contribution in [2.45, 2.75) is 27.7 Å². The van der Waals surface area contributed by atoms with Crippen molar-refractivity contribution in [3.05, 3.63) is 66.3 Å². The Balaban J connectivity index is 2.21. The molecule has 126 valence electrons. The van der Waals surface area contributed by atoms with E-state index in [0.717, 1.165) is 27.6 Å². The molecule has 3 aromatic heterocycles. The minimum atomic E-state index is -0.0159. The van der Waals surface area contributed by atoms with Crippen LogP contribution < -0.4 is 5.56 Å². The van der Waals surface area contributed by atoms with Crippen LogP contribution in [0.25, 0.3) is 33.2 Å². The molecule has 0 fully saturated rings. The van der Waals surface area contributed by atoms with Crippen molar-refractivity contribution in [2.75, 3.05) is 0 Å². The molecule has 4 heteroatoms. The molecular formula is C21H19NOS2. The normalized spacial score (nSPS) is 11.4. The SMILES string of the molecule is Cc1cc(-c2c(-c3cc(C)sc3C)c3ccccc3[nH]c2=O)c(C)s1. The van der Waals surface area contributed by atoms with Crippen LogP contribution in [0.1, 0.15) is 19.5 Å². The monoisotopic (exact) mass is 365 g/mol. The summed E-state index contributed by atoms with van der Waals surface area (Å²) in [7, 11) is 0. The zero-order valence-corrected chi connectivity index (χ0v) is 16.3. The van der Waals surface area contributed by atoms with Gasteiger partial charge in [0.1, 0.15) is 0 Å². The summed E-state index contributed by atoms with van der Waals surface area (Å²) in [4.78, 5) is 21.1. The molecule has 2 nitrogen and oxygen atoms in total. The Morgan fingerprint density at radius 1 is 0.800 bits per heavy atom. The average molecular weight is 366 g/mol. The fraction of sp³-hybridized carbons (Fsp3) is 0.190. The van der Waals surface area contributed by atoms with Crippen molar-refractivity contribution >= 4 is 33.6 Å². The van der Waals surface area contributed by atoms with E-state index >= 15 is 0 Å². The first kappa shape index (κ1) is 16.3. The number of thiophene rings is 2. The second-order valence-electron chi connectivity index (χ2n) is 6.40. The Morgan fingerprint density at radius 3 is 1.92 bits per heavy atom. The number of para-hydroxylation sites is 1. The molecule has 1 aromatic carbocycles. The van der Waals surface area contributed by atoms with Gasteiger partial charge in [-0.2, -0.15) is 0 Å². The molecule has 0 saturated carbocycles. The van der Waals surface area contributed by atoms with Gasteiger partial charge in [-0.25, -0.2) is 0 Å². The van der Waals surface area contributed by atoms with Crippen LogP contribution in [-0.2, 0) is 0 Å². The maximum Gasteiger partial charge on any atom is 0.256 e. The predicted octanol–water partition coefficient (Wildman–Crippen LogP) is 6.22. The van der Waals surface area contributed by atoms with Gasteiger partial charge >= 0.3 is 0 Å². The second kappa shape index (κ2) is 5.97. The zero-order chi connectivity index (χ0) is 17.7. The lowest BCUT2D eigenvalue weighted by Gasteiger charge is -2.13. The fourth-order valence-corrected chi connectivity index (χ4v) is 5.40. The summed E-state index contributed by atoms with van der Waals surface area (Å²) in [5, 5.41) is 1.10. The maximum absolute atomic E-state index is 13.1. The third kappa shape index (κ3) is 2.66. The smallest absolute Gasteiger partial charge is 0.256 e. The number of pyridine rings is 1. The van der Waals surface area contributed by atoms with Crippen molar-refractivity contribution < 1.29 is 0 Å². The van der Waals surface area contributed by atoms with Crippen molar-refractivity contribution in [3.8, 4) is 22.3 Å². The van der Waals surface area contributed by atoms with Crippen LogP contribution in [0, 0.1) is 27.7 Å². The number of fused-ring (bicyclic) bond motifs is 1. The molecule has 1 N–H and O–H groups in total. The van der Waals surface area contributed by atoms with Crippen molar-refractivity contribution in [3.63, 3.8) is 0 Å². The van der Waals surface area contributed by atoms with E-state index in [2.05, 4.69) is 50.9 Å². The second-order valence-corrected chi connectivity index (χ2v) is 9.32. The van der Waals surface area contributed by atoms with Crippen molar-refractivity contribution in [1.82, 2.24) is 4.98 Å². The molecule has 4 rings (SSSR count). The molecule has 4 aromatic rings. The maximum atomic E-state index is 13.1. The first-order chi connectivity index (χ1) is 12.0. The summed E-state index contributed by atoms with van der Waals surface area (Å²) < 4.78 is 0. The molecule has 0 unspecified atom stereocenters. The van der Waals surface area contributed by atoms with Gasteiger partial charge in [0.05, 0.1) is 5.56 Å². The Kier molecular flexibility index (Phi) is 3.89. The Bertz CT molecular complexity index is 1160. The van der Waals surface area contributed by atoms with Crippen LogP contribution in [0.3, 0.4) is 0 Å². The number of aryl methyl sites for hydroxylation is 4. The Labute approximate surface area is 154 Å². The van der Waals surface area contributed by atoms with Gasteiger partial charge in [-0.1, -0.05) is 18.2 Å². The first-order valence-electron chi connectivity index (χ1n) is 8.25. The van der Waals surface area contributed by atoms with Gasteiger partial charge in [0, 0.05) is 41.5 Å². The van der Waals surface area contributed by atoms with Crippen molar-refractivity contribution in [1.29, 1.82) is 0 Å². The van der Waals surface area contributed by atoms with Gasteiger partial charge in [0.15, 0.2) is 0 Å². The summed E-state index contributed by atoms with van der Waals surface area (Å²) in [6, 6.07) is 12.4. The minimum absolute atomic E-state index is 0.0159. The molecule has 25 heavy (non-hydrogen) atoms. The average Bonchev–Trinajstić information content (AvgIpc) is 3.06. The predicted molar refractivity (Wildman–Crippen MR) is 110 cm³/mol. The molecule has 0 aliphatic carbocycles. The molecule has 0 saturated heterocycles. The molecule has 0 bridgehead atoms. The standard InChI is InChI=1S/C21H19NOS2/c1-11-9-16(13(3)24-11)19-15-7-5-6-8-18(15)22-21(23)20(19)17-10-12(2)25-14(17)4/h5-10H,1-4H3,(H,22,23). The van der Waals surface area contributed by atoms with Crippen LogP contribution in [0.2, 0.25) is 0 Å². The van der Waals surface area contributed by atoms with Gasteiger partial charge in [-0.05, 0) is 51.5 Å². The summed E-state index contributed by atoms with van der Waals surface area (Å²) in [5.41, 5.74) is 4.94. The lowest BCUT2D eigenvalue weighted by Crippen LogP contribution is -2.11. The number of rotatable bonds is 2. The quantitative estimate of drug-likeness (QED) is 0.449. The minimum Gasteiger partial charge on any atom is -0.321 e. The number of aromatic nitrogens is 1. The van der Waals surface area contributed by atoms with Gasteiger partial charge in [0.2, 0.25) is 0 Å². The third-order valence-electron chi connectivity index (χ3n) is 4.54. The summed E-state index contributed by atoms with van der Waals surface area (Å²) in [6.45, 7) is 8.45.